The molecule has 1 N–H and O–H groups in total. The third-order valence-corrected chi connectivity index (χ3v) is 11.4. The standard InChI is InChI=1S/C31H37ClN2O6S/c32-23-5-7-26-20(14-23)2-1-10-31(26)18-34-17-22-3-6-25(22)29-16-24(9-11-39-29)38-12-13-41(36,37)33-30(35)21-4-8-28(40-19-31)27(34)15-21/h4-5,7-8,14-15,22,24-25,29H,1-3,6,9-13,16-19H2,(H,33,35)/t22-,24-,25+,29+,31-/m0/s1. The summed E-state index contributed by atoms with van der Waals surface area (Å²) in [6, 6.07) is 11.5. The van der Waals surface area contributed by atoms with Crippen LogP contribution in [-0.2, 0) is 31.3 Å². The molecule has 2 aliphatic carbocycles. The number of nitrogens with zero attached hydrogens (tertiary/aromatic N) is 1. The van der Waals surface area contributed by atoms with Gasteiger partial charge in [-0.1, -0.05) is 17.7 Å². The average Bonchev–Trinajstić information content (AvgIpc) is 3.07. The molecule has 2 aromatic rings. The molecule has 5 atom stereocenters. The van der Waals surface area contributed by atoms with Crippen LogP contribution in [0.3, 0.4) is 0 Å². The summed E-state index contributed by atoms with van der Waals surface area (Å²) >= 11 is 6.40. The fourth-order valence-corrected chi connectivity index (χ4v) is 8.68. The van der Waals surface area contributed by atoms with Gasteiger partial charge in [0.05, 0.1) is 36.9 Å². The molecule has 2 aromatic carbocycles. The van der Waals surface area contributed by atoms with Crippen molar-refractivity contribution < 1.29 is 27.4 Å². The van der Waals surface area contributed by atoms with E-state index in [4.69, 9.17) is 25.8 Å². The summed E-state index contributed by atoms with van der Waals surface area (Å²) in [7, 11) is -3.86. The third kappa shape index (κ3) is 5.35. The number of carbonyl (C=O) groups excluding carboxylic acids is 1. The Labute approximate surface area is 246 Å². The number of halogens is 1. The number of rotatable bonds is 0. The summed E-state index contributed by atoms with van der Waals surface area (Å²) in [4.78, 5) is 15.6. The van der Waals surface area contributed by atoms with Crippen molar-refractivity contribution in [3.8, 4) is 5.75 Å². The van der Waals surface area contributed by atoms with E-state index in [0.717, 1.165) is 74.5 Å². The largest absolute Gasteiger partial charge is 0.490 e. The molecular weight excluding hydrogens is 564 g/mol. The van der Waals surface area contributed by atoms with E-state index < -0.39 is 15.9 Å². The van der Waals surface area contributed by atoms with Crippen molar-refractivity contribution >= 4 is 33.2 Å². The molecule has 0 aromatic heterocycles. The highest BCUT2D eigenvalue weighted by atomic mass is 35.5. The lowest BCUT2D eigenvalue weighted by Gasteiger charge is -2.47. The molecule has 3 aliphatic heterocycles. The first-order chi connectivity index (χ1) is 19.8. The Morgan fingerprint density at radius 2 is 1.95 bits per heavy atom. The van der Waals surface area contributed by atoms with Crippen molar-refractivity contribution in [3.05, 3.63) is 58.1 Å². The second-order valence-corrected chi connectivity index (χ2v) is 14.7. The highest BCUT2D eigenvalue weighted by Gasteiger charge is 2.45. The molecule has 1 saturated heterocycles. The number of nitrogens with one attached hydrogen (secondary N) is 1. The topological polar surface area (TPSA) is 94.2 Å². The van der Waals surface area contributed by atoms with Gasteiger partial charge < -0.3 is 19.1 Å². The number of hydrogen-bond donors (Lipinski definition) is 1. The lowest BCUT2D eigenvalue weighted by Crippen LogP contribution is -2.51. The van der Waals surface area contributed by atoms with Crippen molar-refractivity contribution in [1.29, 1.82) is 0 Å². The maximum Gasteiger partial charge on any atom is 0.264 e. The smallest absolute Gasteiger partial charge is 0.264 e. The molecular formula is C31H37ClN2O6S. The van der Waals surface area contributed by atoms with Gasteiger partial charge in [-0.3, -0.25) is 4.79 Å². The zero-order valence-corrected chi connectivity index (χ0v) is 24.7. The van der Waals surface area contributed by atoms with Crippen LogP contribution in [0.15, 0.2) is 36.4 Å². The number of anilines is 1. The lowest BCUT2D eigenvalue weighted by atomic mass is 9.67. The van der Waals surface area contributed by atoms with Crippen LogP contribution in [0.5, 0.6) is 5.75 Å². The predicted octanol–water partition coefficient (Wildman–Crippen LogP) is 4.48. The molecule has 1 saturated carbocycles. The summed E-state index contributed by atoms with van der Waals surface area (Å²) in [5.41, 5.74) is 3.49. The van der Waals surface area contributed by atoms with Gasteiger partial charge in [0.15, 0.2) is 0 Å². The minimum absolute atomic E-state index is 0.0337. The van der Waals surface area contributed by atoms with Crippen molar-refractivity contribution in [1.82, 2.24) is 4.72 Å². The second kappa shape index (κ2) is 10.7. The molecule has 4 bridgehead atoms. The van der Waals surface area contributed by atoms with Gasteiger partial charge in [0.2, 0.25) is 10.0 Å². The van der Waals surface area contributed by atoms with Gasteiger partial charge in [-0.05, 0) is 91.8 Å². The first-order valence-electron chi connectivity index (χ1n) is 14.9. The van der Waals surface area contributed by atoms with Crippen molar-refractivity contribution in [2.24, 2.45) is 11.8 Å². The molecule has 41 heavy (non-hydrogen) atoms. The first kappa shape index (κ1) is 27.5. The summed E-state index contributed by atoms with van der Waals surface area (Å²) in [5, 5.41) is 0.751. The lowest BCUT2D eigenvalue weighted by molar-refractivity contribution is -0.115. The molecule has 5 aliphatic rings. The number of ether oxygens (including phenoxy) is 3. The predicted molar refractivity (Wildman–Crippen MR) is 156 cm³/mol. The van der Waals surface area contributed by atoms with Crippen molar-refractivity contribution in [2.75, 3.05) is 43.6 Å². The number of hydrogen-bond acceptors (Lipinski definition) is 7. The minimum atomic E-state index is -3.86. The van der Waals surface area contributed by atoms with E-state index in [-0.39, 0.29) is 30.0 Å². The monoisotopic (exact) mass is 600 g/mol. The fraction of sp³-hybridized carbons (Fsp3) is 0.581. The van der Waals surface area contributed by atoms with E-state index in [2.05, 4.69) is 21.8 Å². The number of sulfonamides is 1. The Morgan fingerprint density at radius 1 is 1.05 bits per heavy atom. The Balaban J connectivity index is 1.28. The summed E-state index contributed by atoms with van der Waals surface area (Å²) < 4.78 is 46.6. The van der Waals surface area contributed by atoms with Gasteiger partial charge in [-0.2, -0.15) is 0 Å². The van der Waals surface area contributed by atoms with Gasteiger partial charge in [0.25, 0.3) is 5.91 Å². The number of fused-ring (bicyclic) bond motifs is 7. The third-order valence-electron chi connectivity index (χ3n) is 9.93. The Bertz CT molecular complexity index is 1450. The van der Waals surface area contributed by atoms with Crippen LogP contribution in [-0.4, -0.2) is 65.2 Å². The van der Waals surface area contributed by atoms with Crippen molar-refractivity contribution in [2.45, 2.75) is 62.6 Å². The van der Waals surface area contributed by atoms with E-state index in [0.29, 0.717) is 30.6 Å². The van der Waals surface area contributed by atoms with Crippen LogP contribution < -0.4 is 14.4 Å². The maximum absolute atomic E-state index is 13.2. The van der Waals surface area contributed by atoms with E-state index in [1.165, 1.54) is 11.1 Å². The molecule has 3 heterocycles. The molecule has 10 heteroatoms. The summed E-state index contributed by atoms with van der Waals surface area (Å²) in [6.45, 7) is 2.77. The molecule has 8 nitrogen and oxygen atoms in total. The molecule has 1 amide bonds. The molecule has 7 rings (SSSR count). The first-order valence-corrected chi connectivity index (χ1v) is 16.9. The van der Waals surface area contributed by atoms with Crippen LogP contribution in [0.2, 0.25) is 5.02 Å². The van der Waals surface area contributed by atoms with Crippen LogP contribution in [0.4, 0.5) is 5.69 Å². The van der Waals surface area contributed by atoms with Gasteiger partial charge in [-0.15, -0.1) is 0 Å². The zero-order valence-electron chi connectivity index (χ0n) is 23.1. The normalized spacial score (nSPS) is 32.9. The zero-order chi connectivity index (χ0) is 28.2. The molecule has 2 fully saturated rings. The molecule has 1 spiro atoms. The summed E-state index contributed by atoms with van der Waals surface area (Å²) in [5.74, 6) is 0.691. The SMILES string of the molecule is O=C1NS(=O)(=O)CCO[C@H]2CCO[C@H](C2)[C@@H]2CC[C@H]2CN2C[C@@]3(CCCc4cc(Cl)ccc43)COc3ccc1cc32. The Hall–Kier alpha value is -2.33. The van der Waals surface area contributed by atoms with E-state index in [9.17, 15) is 13.2 Å². The van der Waals surface area contributed by atoms with E-state index >= 15 is 0 Å². The van der Waals surface area contributed by atoms with Crippen LogP contribution in [0.1, 0.15) is 60.0 Å². The molecule has 0 unspecified atom stereocenters. The van der Waals surface area contributed by atoms with Crippen molar-refractivity contribution in [3.63, 3.8) is 0 Å². The minimum Gasteiger partial charge on any atom is -0.490 e. The molecule has 0 radical (unpaired) electrons. The van der Waals surface area contributed by atoms with Crippen LogP contribution >= 0.6 is 11.6 Å². The fourth-order valence-electron chi connectivity index (χ4n) is 7.67. The quantitative estimate of drug-likeness (QED) is 0.477. The highest BCUT2D eigenvalue weighted by Crippen LogP contribution is 2.47. The second-order valence-electron chi connectivity index (χ2n) is 12.5. The van der Waals surface area contributed by atoms with Gasteiger partial charge >= 0.3 is 0 Å². The summed E-state index contributed by atoms with van der Waals surface area (Å²) in [6.07, 6.45) is 6.89. The maximum atomic E-state index is 13.2. The van der Waals surface area contributed by atoms with Crippen LogP contribution in [0.25, 0.3) is 0 Å². The van der Waals surface area contributed by atoms with Crippen LogP contribution in [0, 0.1) is 11.8 Å². The van der Waals surface area contributed by atoms with Gasteiger partial charge in [-0.25, -0.2) is 13.1 Å². The number of aryl methyl sites for hydroxylation is 1. The number of amides is 1. The average molecular weight is 601 g/mol. The van der Waals surface area contributed by atoms with E-state index in [1.54, 1.807) is 12.1 Å². The Kier molecular flexibility index (Phi) is 7.20. The van der Waals surface area contributed by atoms with Gasteiger partial charge in [0.1, 0.15) is 5.75 Å². The van der Waals surface area contributed by atoms with E-state index in [1.807, 2.05) is 12.1 Å². The molecule has 220 valence electrons. The highest BCUT2D eigenvalue weighted by molar-refractivity contribution is 7.90. The Morgan fingerprint density at radius 3 is 2.80 bits per heavy atom. The van der Waals surface area contributed by atoms with Gasteiger partial charge in [0, 0.05) is 42.1 Å². The number of carbonyl (C=O) groups is 1. The number of benzene rings is 2.